The number of Topliss-reactive ketones (excluding diaryl/α,β-unsaturated/α-hetero) is 1. The van der Waals surface area contributed by atoms with Crippen molar-refractivity contribution in [2.75, 3.05) is 19.6 Å². The first-order valence-corrected chi connectivity index (χ1v) is 11.5. The third-order valence-electron chi connectivity index (χ3n) is 5.61. The van der Waals surface area contributed by atoms with Gasteiger partial charge in [-0.1, -0.05) is 25.2 Å². The Morgan fingerprint density at radius 2 is 1.97 bits per heavy atom. The van der Waals surface area contributed by atoms with E-state index in [1.807, 2.05) is 37.5 Å². The summed E-state index contributed by atoms with van der Waals surface area (Å²) in [6.07, 6.45) is 8.37. The third-order valence-corrected chi connectivity index (χ3v) is 6.63. The highest BCUT2D eigenvalue weighted by atomic mass is 32.1. The Morgan fingerprint density at radius 1 is 1.13 bits per heavy atom. The van der Waals surface area contributed by atoms with Crippen LogP contribution in [0.2, 0.25) is 0 Å². The quantitative estimate of drug-likeness (QED) is 0.261. The summed E-state index contributed by atoms with van der Waals surface area (Å²) < 4.78 is 3.20. The number of fused-ring (bicyclic) bond motifs is 3. The maximum absolute atomic E-state index is 12.7. The molecule has 0 atom stereocenters. The number of aryl methyl sites for hydroxylation is 1. The highest BCUT2D eigenvalue weighted by Gasteiger charge is 2.13. The monoisotopic (exact) mass is 420 g/mol. The maximum atomic E-state index is 12.7. The molecular weight excluding hydrogens is 392 g/mol. The van der Waals surface area contributed by atoms with E-state index >= 15 is 0 Å². The first-order valence-electron chi connectivity index (χ1n) is 10.7. The number of rotatable bonds is 9. The predicted molar refractivity (Wildman–Crippen MR) is 125 cm³/mol. The van der Waals surface area contributed by atoms with Gasteiger partial charge in [0.25, 0.3) is 0 Å². The number of unbranched alkanes of at least 4 members (excludes halogenated alkanes) is 1. The van der Waals surface area contributed by atoms with E-state index in [2.05, 4.69) is 40.4 Å². The summed E-state index contributed by atoms with van der Waals surface area (Å²) >= 11 is 1.62. The van der Waals surface area contributed by atoms with Crippen LogP contribution < -0.4 is 0 Å². The second-order valence-electron chi connectivity index (χ2n) is 7.72. The second-order valence-corrected chi connectivity index (χ2v) is 8.73. The van der Waals surface area contributed by atoms with Crippen molar-refractivity contribution in [3.8, 4) is 11.3 Å². The van der Waals surface area contributed by atoms with E-state index in [9.17, 15) is 4.79 Å². The molecule has 0 unspecified atom stereocenters. The van der Waals surface area contributed by atoms with Crippen molar-refractivity contribution < 1.29 is 4.79 Å². The van der Waals surface area contributed by atoms with Crippen molar-refractivity contribution in [1.82, 2.24) is 19.3 Å². The van der Waals surface area contributed by atoms with Crippen LogP contribution in [-0.4, -0.2) is 44.7 Å². The molecule has 0 saturated carbocycles. The van der Waals surface area contributed by atoms with Gasteiger partial charge in [-0.05, 0) is 69.2 Å². The molecule has 0 bridgehead atoms. The Labute approximate surface area is 181 Å². The first-order chi connectivity index (χ1) is 14.6. The van der Waals surface area contributed by atoms with Gasteiger partial charge in [-0.2, -0.15) is 0 Å². The van der Waals surface area contributed by atoms with Crippen LogP contribution in [0.1, 0.15) is 49.0 Å². The molecule has 156 valence electrons. The summed E-state index contributed by atoms with van der Waals surface area (Å²) in [5.74, 6) is 0.231. The number of thiazole rings is 1. The van der Waals surface area contributed by atoms with Gasteiger partial charge in [0.1, 0.15) is 0 Å². The Hall–Kier alpha value is -2.57. The van der Waals surface area contributed by atoms with Crippen molar-refractivity contribution in [1.29, 1.82) is 0 Å². The van der Waals surface area contributed by atoms with Crippen molar-refractivity contribution in [2.45, 2.75) is 40.0 Å². The molecule has 1 aromatic carbocycles. The lowest BCUT2D eigenvalue weighted by Gasteiger charge is -2.17. The van der Waals surface area contributed by atoms with E-state index in [4.69, 9.17) is 4.98 Å². The number of nitrogens with zero attached hydrogens (tertiary/aromatic N) is 4. The minimum atomic E-state index is 0.231. The van der Waals surface area contributed by atoms with Gasteiger partial charge in [-0.3, -0.25) is 14.2 Å². The fourth-order valence-electron chi connectivity index (χ4n) is 3.81. The van der Waals surface area contributed by atoms with Gasteiger partial charge < -0.3 is 4.90 Å². The standard InChI is InChI=1S/C24H28N4OS/c1-4-27(5-2)11-7-6-8-22(29)18-9-10-21-23(13-18)30-24-26-20(16-28(21)24)19-12-17(3)14-25-15-19/h9-10,12-16H,4-8,11H2,1-3H3. The zero-order valence-electron chi connectivity index (χ0n) is 17.9. The number of carbonyl (C=O) groups excluding carboxylic acids is 1. The molecule has 0 aliphatic rings. The molecule has 6 heteroatoms. The summed E-state index contributed by atoms with van der Waals surface area (Å²) in [4.78, 5) is 25.0. The summed E-state index contributed by atoms with van der Waals surface area (Å²) in [6.45, 7) is 9.62. The van der Waals surface area contributed by atoms with Gasteiger partial charge in [-0.15, -0.1) is 0 Å². The molecule has 0 spiro atoms. The molecular formula is C24H28N4OS. The lowest BCUT2D eigenvalue weighted by molar-refractivity contribution is 0.0978. The Bertz CT molecular complexity index is 1170. The van der Waals surface area contributed by atoms with Crippen LogP contribution in [0, 0.1) is 6.92 Å². The zero-order chi connectivity index (χ0) is 21.1. The average molecular weight is 421 g/mol. The molecule has 3 aromatic heterocycles. The molecule has 3 heterocycles. The number of aromatic nitrogens is 3. The maximum Gasteiger partial charge on any atom is 0.195 e. The topological polar surface area (TPSA) is 50.5 Å². The van der Waals surface area contributed by atoms with E-state index in [-0.39, 0.29) is 5.78 Å². The van der Waals surface area contributed by atoms with Crippen LogP contribution >= 0.6 is 11.3 Å². The smallest absolute Gasteiger partial charge is 0.195 e. The molecule has 0 N–H and O–H groups in total. The van der Waals surface area contributed by atoms with Crippen LogP contribution in [0.5, 0.6) is 0 Å². The molecule has 0 saturated heterocycles. The fraction of sp³-hybridized carbons (Fsp3) is 0.375. The highest BCUT2D eigenvalue weighted by molar-refractivity contribution is 7.23. The van der Waals surface area contributed by atoms with E-state index < -0.39 is 0 Å². The summed E-state index contributed by atoms with van der Waals surface area (Å²) in [6, 6.07) is 8.12. The lowest BCUT2D eigenvalue weighted by atomic mass is 10.1. The molecule has 0 amide bonds. The molecule has 4 rings (SSSR count). The number of hydrogen-bond donors (Lipinski definition) is 0. The number of benzene rings is 1. The van der Waals surface area contributed by atoms with Gasteiger partial charge in [0, 0.05) is 36.1 Å². The summed E-state index contributed by atoms with van der Waals surface area (Å²) in [7, 11) is 0. The fourth-order valence-corrected chi connectivity index (χ4v) is 4.86. The summed E-state index contributed by atoms with van der Waals surface area (Å²) in [5.41, 5.74) is 4.96. The minimum absolute atomic E-state index is 0.231. The first kappa shape index (κ1) is 20.7. The largest absolute Gasteiger partial charge is 0.304 e. The Kier molecular flexibility index (Phi) is 6.25. The van der Waals surface area contributed by atoms with Gasteiger partial charge >= 0.3 is 0 Å². The Balaban J connectivity index is 1.48. The van der Waals surface area contributed by atoms with Crippen LogP contribution in [0.25, 0.3) is 26.4 Å². The molecule has 5 nitrogen and oxygen atoms in total. The van der Waals surface area contributed by atoms with E-state index in [1.54, 1.807) is 11.3 Å². The number of carbonyl (C=O) groups is 1. The van der Waals surface area contributed by atoms with Gasteiger partial charge in [0.05, 0.1) is 15.9 Å². The van der Waals surface area contributed by atoms with Crippen LogP contribution in [0.15, 0.2) is 42.9 Å². The van der Waals surface area contributed by atoms with Gasteiger partial charge in [-0.25, -0.2) is 4.98 Å². The second kappa shape index (κ2) is 9.06. The van der Waals surface area contributed by atoms with Crippen molar-refractivity contribution in [3.63, 3.8) is 0 Å². The van der Waals surface area contributed by atoms with Gasteiger partial charge in [0.15, 0.2) is 10.7 Å². The molecule has 0 fully saturated rings. The van der Waals surface area contributed by atoms with Crippen LogP contribution in [0.3, 0.4) is 0 Å². The van der Waals surface area contributed by atoms with Gasteiger partial charge in [0.2, 0.25) is 0 Å². The highest BCUT2D eigenvalue weighted by Crippen LogP contribution is 2.30. The van der Waals surface area contributed by atoms with Crippen LogP contribution in [0.4, 0.5) is 0 Å². The molecule has 0 aliphatic carbocycles. The average Bonchev–Trinajstić information content (AvgIpc) is 3.31. The predicted octanol–water partition coefficient (Wildman–Crippen LogP) is 5.61. The van der Waals surface area contributed by atoms with E-state index in [0.717, 1.165) is 70.0 Å². The van der Waals surface area contributed by atoms with E-state index in [1.165, 1.54) is 0 Å². The number of ketones is 1. The number of hydrogen-bond acceptors (Lipinski definition) is 5. The minimum Gasteiger partial charge on any atom is -0.304 e. The Morgan fingerprint density at radius 3 is 2.73 bits per heavy atom. The number of pyridine rings is 1. The van der Waals surface area contributed by atoms with Crippen molar-refractivity contribution >= 4 is 32.3 Å². The molecule has 30 heavy (non-hydrogen) atoms. The molecule has 0 radical (unpaired) electrons. The van der Waals surface area contributed by atoms with E-state index in [0.29, 0.717) is 6.42 Å². The van der Waals surface area contributed by atoms with Crippen LogP contribution in [-0.2, 0) is 0 Å². The zero-order valence-corrected chi connectivity index (χ0v) is 18.7. The number of imidazole rings is 1. The normalized spacial score (nSPS) is 11.7. The lowest BCUT2D eigenvalue weighted by Crippen LogP contribution is -2.24. The van der Waals surface area contributed by atoms with Crippen molar-refractivity contribution in [3.05, 3.63) is 54.0 Å². The molecule has 4 aromatic rings. The van der Waals surface area contributed by atoms with Crippen molar-refractivity contribution in [2.24, 2.45) is 0 Å². The third kappa shape index (κ3) is 4.30. The SMILES string of the molecule is CCN(CC)CCCCC(=O)c1ccc2c(c1)sc1nc(-c3cncc(C)c3)cn12. The summed E-state index contributed by atoms with van der Waals surface area (Å²) in [5, 5.41) is 0. The molecule has 0 aliphatic heterocycles.